The van der Waals surface area contributed by atoms with Gasteiger partial charge in [-0.1, -0.05) is 6.58 Å². The first kappa shape index (κ1) is 10.4. The molecule has 0 radical (unpaired) electrons. The highest BCUT2D eigenvalue weighted by molar-refractivity contribution is 5.86. The molecule has 1 heterocycles. The van der Waals surface area contributed by atoms with Crippen LogP contribution in [0.25, 0.3) is 0 Å². The van der Waals surface area contributed by atoms with E-state index in [1.54, 1.807) is 0 Å². The summed E-state index contributed by atoms with van der Waals surface area (Å²) < 4.78 is 9.34. The zero-order valence-corrected chi connectivity index (χ0v) is 7.52. The number of ketones is 1. The summed E-state index contributed by atoms with van der Waals surface area (Å²) in [6.07, 6.45) is -0.0424. The van der Waals surface area contributed by atoms with Gasteiger partial charge < -0.3 is 9.47 Å². The van der Waals surface area contributed by atoms with Crippen molar-refractivity contribution < 1.29 is 23.9 Å². The first-order valence-corrected chi connectivity index (χ1v) is 4.16. The molecular weight excluding hydrogens is 188 g/mol. The molecule has 76 valence electrons. The van der Waals surface area contributed by atoms with Gasteiger partial charge in [-0.15, -0.1) is 0 Å². The SMILES string of the molecule is C=CC(=O)OC1CC(=O)CCC(=O)O1. The Morgan fingerprint density at radius 2 is 2.21 bits per heavy atom. The molecule has 1 unspecified atom stereocenters. The lowest BCUT2D eigenvalue weighted by molar-refractivity contribution is -0.183. The number of Topliss-reactive ketones (excluding diaryl/α,β-unsaturated/α-hetero) is 1. The van der Waals surface area contributed by atoms with Gasteiger partial charge >= 0.3 is 11.9 Å². The maximum atomic E-state index is 11.1. The van der Waals surface area contributed by atoms with Crippen LogP contribution in [0, 0.1) is 0 Å². The van der Waals surface area contributed by atoms with Crippen LogP contribution in [-0.2, 0) is 23.9 Å². The number of hydrogen-bond donors (Lipinski definition) is 0. The van der Waals surface area contributed by atoms with Crippen LogP contribution in [0.1, 0.15) is 19.3 Å². The largest absolute Gasteiger partial charge is 0.425 e. The Morgan fingerprint density at radius 1 is 1.50 bits per heavy atom. The van der Waals surface area contributed by atoms with Gasteiger partial charge in [-0.3, -0.25) is 9.59 Å². The third-order valence-electron chi connectivity index (χ3n) is 1.68. The molecule has 0 aromatic rings. The van der Waals surface area contributed by atoms with E-state index in [1.807, 2.05) is 0 Å². The zero-order valence-electron chi connectivity index (χ0n) is 7.52. The van der Waals surface area contributed by atoms with Crippen molar-refractivity contribution in [2.24, 2.45) is 0 Å². The number of rotatable bonds is 2. The smallest absolute Gasteiger partial charge is 0.333 e. The summed E-state index contributed by atoms with van der Waals surface area (Å²) in [5, 5.41) is 0. The van der Waals surface area contributed by atoms with Crippen LogP contribution in [-0.4, -0.2) is 24.0 Å². The molecule has 1 rings (SSSR count). The molecule has 0 saturated carbocycles. The highest BCUT2D eigenvalue weighted by Gasteiger charge is 2.25. The summed E-state index contributed by atoms with van der Waals surface area (Å²) in [5.41, 5.74) is 0. The lowest BCUT2D eigenvalue weighted by atomic mass is 10.2. The van der Waals surface area contributed by atoms with Crippen LogP contribution in [0.2, 0.25) is 0 Å². The van der Waals surface area contributed by atoms with E-state index in [0.29, 0.717) is 0 Å². The minimum atomic E-state index is -1.09. The van der Waals surface area contributed by atoms with Gasteiger partial charge in [0.05, 0.1) is 12.8 Å². The van der Waals surface area contributed by atoms with Crippen molar-refractivity contribution >= 4 is 17.7 Å². The van der Waals surface area contributed by atoms with Gasteiger partial charge in [-0.2, -0.15) is 0 Å². The number of carbonyl (C=O) groups excluding carboxylic acids is 3. The Balaban J connectivity index is 2.57. The molecule has 0 aromatic heterocycles. The van der Waals surface area contributed by atoms with Crippen molar-refractivity contribution in [3.8, 4) is 0 Å². The topological polar surface area (TPSA) is 69.7 Å². The van der Waals surface area contributed by atoms with E-state index < -0.39 is 18.2 Å². The zero-order chi connectivity index (χ0) is 10.6. The first-order chi connectivity index (χ1) is 6.61. The number of esters is 2. The number of carbonyl (C=O) groups is 3. The second-order valence-electron chi connectivity index (χ2n) is 2.80. The van der Waals surface area contributed by atoms with Gasteiger partial charge in [0.15, 0.2) is 0 Å². The summed E-state index contributed by atoms with van der Waals surface area (Å²) in [7, 11) is 0. The highest BCUT2D eigenvalue weighted by Crippen LogP contribution is 2.12. The average molecular weight is 198 g/mol. The van der Waals surface area contributed by atoms with Crippen LogP contribution < -0.4 is 0 Å². The third-order valence-corrected chi connectivity index (χ3v) is 1.68. The average Bonchev–Trinajstić information content (AvgIpc) is 2.28. The van der Waals surface area contributed by atoms with E-state index in [0.717, 1.165) is 6.08 Å². The second-order valence-corrected chi connectivity index (χ2v) is 2.80. The molecule has 0 aromatic carbocycles. The Labute approximate surface area is 80.7 Å². The van der Waals surface area contributed by atoms with E-state index >= 15 is 0 Å². The fourth-order valence-corrected chi connectivity index (χ4v) is 1.02. The number of hydrogen-bond acceptors (Lipinski definition) is 5. The van der Waals surface area contributed by atoms with Crippen LogP contribution in [0.15, 0.2) is 12.7 Å². The lowest BCUT2D eigenvalue weighted by Crippen LogP contribution is -2.23. The molecule has 0 spiro atoms. The minimum Gasteiger partial charge on any atom is -0.425 e. The van der Waals surface area contributed by atoms with E-state index in [9.17, 15) is 14.4 Å². The molecule has 0 aliphatic carbocycles. The molecular formula is C9H10O5. The second kappa shape index (κ2) is 4.55. The van der Waals surface area contributed by atoms with E-state index in [2.05, 4.69) is 11.3 Å². The Hall–Kier alpha value is -1.65. The quantitative estimate of drug-likeness (QED) is 0.472. The molecule has 0 bridgehead atoms. The normalized spacial score (nSPS) is 22.1. The van der Waals surface area contributed by atoms with Crippen molar-refractivity contribution in [3.63, 3.8) is 0 Å². The van der Waals surface area contributed by atoms with Gasteiger partial charge in [0, 0.05) is 12.5 Å². The maximum absolute atomic E-state index is 11.1. The maximum Gasteiger partial charge on any atom is 0.333 e. The van der Waals surface area contributed by atoms with E-state index in [4.69, 9.17) is 4.74 Å². The predicted octanol–water partition coefficient (Wildman–Crippen LogP) is 0.338. The van der Waals surface area contributed by atoms with Crippen LogP contribution in [0.5, 0.6) is 0 Å². The minimum absolute atomic E-state index is 0.0426. The predicted molar refractivity (Wildman–Crippen MR) is 45.0 cm³/mol. The fraction of sp³-hybridized carbons (Fsp3) is 0.444. The van der Waals surface area contributed by atoms with Crippen molar-refractivity contribution in [2.75, 3.05) is 0 Å². The molecule has 1 atom stereocenters. The first-order valence-electron chi connectivity index (χ1n) is 4.16. The van der Waals surface area contributed by atoms with E-state index in [-0.39, 0.29) is 25.0 Å². The van der Waals surface area contributed by atoms with Crippen molar-refractivity contribution in [1.29, 1.82) is 0 Å². The van der Waals surface area contributed by atoms with Crippen LogP contribution in [0.3, 0.4) is 0 Å². The molecule has 0 N–H and O–H groups in total. The standard InChI is InChI=1S/C9H10O5/c1-2-7(11)13-9-5-6(10)3-4-8(12)14-9/h2,9H,1,3-5H2. The Morgan fingerprint density at radius 3 is 2.86 bits per heavy atom. The van der Waals surface area contributed by atoms with Gasteiger partial charge in [0.2, 0.25) is 0 Å². The third kappa shape index (κ3) is 3.01. The molecule has 5 heteroatoms. The van der Waals surface area contributed by atoms with Gasteiger partial charge in [0.25, 0.3) is 6.29 Å². The fourth-order valence-electron chi connectivity index (χ4n) is 1.02. The molecule has 1 aliphatic rings. The van der Waals surface area contributed by atoms with Gasteiger partial charge in [0.1, 0.15) is 5.78 Å². The molecule has 1 aliphatic heterocycles. The summed E-state index contributed by atoms with van der Waals surface area (Å²) in [6.45, 7) is 3.19. The highest BCUT2D eigenvalue weighted by atomic mass is 16.7. The summed E-state index contributed by atoms with van der Waals surface area (Å²) in [5.74, 6) is -1.40. The summed E-state index contributed by atoms with van der Waals surface area (Å²) >= 11 is 0. The van der Waals surface area contributed by atoms with Crippen molar-refractivity contribution in [2.45, 2.75) is 25.6 Å². The van der Waals surface area contributed by atoms with Crippen LogP contribution >= 0.6 is 0 Å². The van der Waals surface area contributed by atoms with Crippen molar-refractivity contribution in [1.82, 2.24) is 0 Å². The van der Waals surface area contributed by atoms with Crippen molar-refractivity contribution in [3.05, 3.63) is 12.7 Å². The molecule has 0 amide bonds. The van der Waals surface area contributed by atoms with Gasteiger partial charge in [-0.25, -0.2) is 4.79 Å². The summed E-state index contributed by atoms with van der Waals surface area (Å²) in [6, 6.07) is 0. The number of cyclic esters (lactones) is 1. The number of ether oxygens (including phenoxy) is 2. The molecule has 1 saturated heterocycles. The Bertz CT molecular complexity index is 263. The monoisotopic (exact) mass is 198 g/mol. The Kier molecular flexibility index (Phi) is 3.39. The molecule has 14 heavy (non-hydrogen) atoms. The van der Waals surface area contributed by atoms with Gasteiger partial charge in [-0.05, 0) is 0 Å². The summed E-state index contributed by atoms with van der Waals surface area (Å²) in [4.78, 5) is 32.7. The van der Waals surface area contributed by atoms with E-state index in [1.165, 1.54) is 0 Å². The van der Waals surface area contributed by atoms with Crippen LogP contribution in [0.4, 0.5) is 0 Å². The molecule has 5 nitrogen and oxygen atoms in total. The lowest BCUT2D eigenvalue weighted by Gasteiger charge is -2.13. The molecule has 1 fully saturated rings.